The van der Waals surface area contributed by atoms with E-state index in [0.29, 0.717) is 5.15 Å². The van der Waals surface area contributed by atoms with Gasteiger partial charge in [-0.1, -0.05) is 23.4 Å². The first-order chi connectivity index (χ1) is 6.25. The van der Waals surface area contributed by atoms with Gasteiger partial charge in [0.2, 0.25) is 0 Å². The normalized spacial score (nSPS) is 10.6. The van der Waals surface area contributed by atoms with E-state index in [-0.39, 0.29) is 0 Å². The number of hydrogen-bond acceptors (Lipinski definition) is 5. The molecule has 2 aromatic heterocycles. The third-order valence-electron chi connectivity index (χ3n) is 1.32. The minimum absolute atomic E-state index is 0.457. The van der Waals surface area contributed by atoms with Gasteiger partial charge in [0, 0.05) is 13.2 Å². The quantitative estimate of drug-likeness (QED) is 0.795. The first kappa shape index (κ1) is 8.98. The molecule has 7 heteroatoms. The van der Waals surface area contributed by atoms with Crippen LogP contribution < -0.4 is 0 Å². The van der Waals surface area contributed by atoms with Gasteiger partial charge in [-0.15, -0.1) is 0 Å². The Bertz CT molecular complexity index is 410. The Kier molecular flexibility index (Phi) is 2.52. The highest BCUT2D eigenvalue weighted by atomic mass is 35.5. The summed E-state index contributed by atoms with van der Waals surface area (Å²) < 4.78 is 9.64. The predicted molar refractivity (Wildman–Crippen MR) is 52.3 cm³/mol. The highest BCUT2D eigenvalue weighted by molar-refractivity contribution is 7.99. The molecule has 0 spiro atoms. The Balaban J connectivity index is 2.19. The first-order valence-corrected chi connectivity index (χ1v) is 5.33. The Morgan fingerprint density at radius 2 is 2.38 bits per heavy atom. The summed E-state index contributed by atoms with van der Waals surface area (Å²) in [6.45, 7) is 0. The smallest absolute Gasteiger partial charge is 0.177 e. The van der Waals surface area contributed by atoms with Gasteiger partial charge in [-0.3, -0.25) is 4.68 Å². The Hall–Kier alpha value is -0.590. The van der Waals surface area contributed by atoms with Crippen LogP contribution >= 0.6 is 35.1 Å². The number of aryl methyl sites for hydroxylation is 1. The molecular formula is C6H5ClN4S2. The van der Waals surface area contributed by atoms with Gasteiger partial charge < -0.3 is 0 Å². The molecule has 0 saturated carbocycles. The summed E-state index contributed by atoms with van der Waals surface area (Å²) in [6.07, 6.45) is 3.67. The van der Waals surface area contributed by atoms with Gasteiger partial charge in [-0.05, 0) is 0 Å². The molecule has 2 aromatic rings. The van der Waals surface area contributed by atoms with Crippen LogP contribution in [0.15, 0.2) is 22.3 Å². The molecule has 0 saturated heterocycles. The van der Waals surface area contributed by atoms with Crippen molar-refractivity contribution in [2.75, 3.05) is 0 Å². The van der Waals surface area contributed by atoms with Crippen molar-refractivity contribution in [3.05, 3.63) is 17.5 Å². The number of hydrogen-bond donors (Lipinski definition) is 0. The van der Waals surface area contributed by atoms with E-state index in [1.54, 1.807) is 10.9 Å². The standard InChI is InChI=1S/C6H5ClN4S2/c1-11-3-4(2-8-11)12-6-5(7)9-13-10-6/h2-3H,1H3. The number of aromatic nitrogens is 4. The van der Waals surface area contributed by atoms with Gasteiger partial charge in [0.15, 0.2) is 10.2 Å². The van der Waals surface area contributed by atoms with E-state index in [1.807, 2.05) is 13.2 Å². The number of rotatable bonds is 2. The summed E-state index contributed by atoms with van der Waals surface area (Å²) >= 11 is 8.36. The molecule has 2 rings (SSSR count). The van der Waals surface area contributed by atoms with Crippen molar-refractivity contribution in [1.29, 1.82) is 0 Å². The molecule has 0 aromatic carbocycles. The molecule has 0 fully saturated rings. The summed E-state index contributed by atoms with van der Waals surface area (Å²) in [5.74, 6) is 0. The average Bonchev–Trinajstić information content (AvgIpc) is 2.64. The molecule has 0 aliphatic heterocycles. The van der Waals surface area contributed by atoms with Gasteiger partial charge in [0.25, 0.3) is 0 Å². The fourth-order valence-electron chi connectivity index (χ4n) is 0.794. The summed E-state index contributed by atoms with van der Waals surface area (Å²) in [5, 5.41) is 5.23. The number of halogens is 1. The van der Waals surface area contributed by atoms with E-state index in [0.717, 1.165) is 21.6 Å². The van der Waals surface area contributed by atoms with Gasteiger partial charge in [-0.25, -0.2) is 0 Å². The Morgan fingerprint density at radius 1 is 1.54 bits per heavy atom. The van der Waals surface area contributed by atoms with Crippen LogP contribution in [0.25, 0.3) is 0 Å². The fourth-order valence-corrected chi connectivity index (χ4v) is 2.42. The number of nitrogens with zero attached hydrogens (tertiary/aromatic N) is 4. The highest BCUT2D eigenvalue weighted by Gasteiger charge is 2.07. The van der Waals surface area contributed by atoms with E-state index in [2.05, 4.69) is 13.8 Å². The molecule has 0 aliphatic carbocycles. The zero-order chi connectivity index (χ0) is 9.26. The predicted octanol–water partition coefficient (Wildman–Crippen LogP) is 2.08. The highest BCUT2D eigenvalue weighted by Crippen LogP contribution is 2.30. The second kappa shape index (κ2) is 3.65. The van der Waals surface area contributed by atoms with E-state index in [4.69, 9.17) is 11.6 Å². The lowest BCUT2D eigenvalue weighted by Crippen LogP contribution is -1.83. The fraction of sp³-hybridized carbons (Fsp3) is 0.167. The van der Waals surface area contributed by atoms with Gasteiger partial charge in [-0.2, -0.15) is 13.8 Å². The van der Waals surface area contributed by atoms with Crippen LogP contribution in [-0.2, 0) is 7.05 Å². The van der Waals surface area contributed by atoms with Crippen LogP contribution in [-0.4, -0.2) is 18.5 Å². The van der Waals surface area contributed by atoms with E-state index in [1.165, 1.54) is 11.8 Å². The van der Waals surface area contributed by atoms with Crippen LogP contribution in [0.2, 0.25) is 5.15 Å². The molecule has 0 aliphatic rings. The minimum Gasteiger partial charge on any atom is -0.275 e. The van der Waals surface area contributed by atoms with Crippen LogP contribution in [0.5, 0.6) is 0 Å². The topological polar surface area (TPSA) is 43.6 Å². The van der Waals surface area contributed by atoms with Crippen molar-refractivity contribution in [2.24, 2.45) is 7.05 Å². The van der Waals surface area contributed by atoms with E-state index < -0.39 is 0 Å². The molecule has 0 unspecified atom stereocenters. The Labute approximate surface area is 88.2 Å². The summed E-state index contributed by atoms with van der Waals surface area (Å²) in [5.41, 5.74) is 0. The first-order valence-electron chi connectivity index (χ1n) is 3.40. The Morgan fingerprint density at radius 3 is 2.92 bits per heavy atom. The monoisotopic (exact) mass is 232 g/mol. The van der Waals surface area contributed by atoms with Gasteiger partial charge in [0.05, 0.1) is 22.8 Å². The molecular weight excluding hydrogens is 228 g/mol. The van der Waals surface area contributed by atoms with Gasteiger partial charge in [0.1, 0.15) is 0 Å². The summed E-state index contributed by atoms with van der Waals surface area (Å²) in [6, 6.07) is 0. The second-order valence-electron chi connectivity index (χ2n) is 2.31. The van der Waals surface area contributed by atoms with Crippen molar-refractivity contribution in [1.82, 2.24) is 18.5 Å². The molecule has 2 heterocycles. The maximum absolute atomic E-state index is 5.79. The average molecular weight is 233 g/mol. The van der Waals surface area contributed by atoms with Crippen LogP contribution in [0.3, 0.4) is 0 Å². The lowest BCUT2D eigenvalue weighted by molar-refractivity contribution is 0.766. The van der Waals surface area contributed by atoms with Gasteiger partial charge >= 0.3 is 0 Å². The summed E-state index contributed by atoms with van der Waals surface area (Å²) in [7, 11) is 1.87. The van der Waals surface area contributed by atoms with Crippen molar-refractivity contribution in [3.63, 3.8) is 0 Å². The SMILES string of the molecule is Cn1cc(Sc2nsnc2Cl)cn1. The zero-order valence-electron chi connectivity index (χ0n) is 6.64. The molecule has 13 heavy (non-hydrogen) atoms. The van der Waals surface area contributed by atoms with Crippen molar-refractivity contribution in [2.45, 2.75) is 9.92 Å². The third-order valence-corrected chi connectivity index (χ3v) is 3.36. The zero-order valence-corrected chi connectivity index (χ0v) is 9.03. The molecule has 0 bridgehead atoms. The minimum atomic E-state index is 0.457. The van der Waals surface area contributed by atoms with E-state index in [9.17, 15) is 0 Å². The van der Waals surface area contributed by atoms with Crippen LogP contribution in [0, 0.1) is 0 Å². The van der Waals surface area contributed by atoms with Crippen molar-refractivity contribution in [3.8, 4) is 0 Å². The molecule has 0 amide bonds. The largest absolute Gasteiger partial charge is 0.275 e. The maximum Gasteiger partial charge on any atom is 0.177 e. The van der Waals surface area contributed by atoms with Crippen LogP contribution in [0.4, 0.5) is 0 Å². The molecule has 0 radical (unpaired) electrons. The molecule has 0 atom stereocenters. The summed E-state index contributed by atoms with van der Waals surface area (Å²) in [4.78, 5) is 1.01. The molecule has 4 nitrogen and oxygen atoms in total. The lowest BCUT2D eigenvalue weighted by atomic mass is 10.7. The lowest BCUT2D eigenvalue weighted by Gasteiger charge is -1.90. The van der Waals surface area contributed by atoms with E-state index >= 15 is 0 Å². The molecule has 68 valence electrons. The van der Waals surface area contributed by atoms with Crippen LogP contribution in [0.1, 0.15) is 0 Å². The second-order valence-corrected chi connectivity index (χ2v) is 4.26. The van der Waals surface area contributed by atoms with Crippen molar-refractivity contribution >= 4 is 35.1 Å². The maximum atomic E-state index is 5.79. The van der Waals surface area contributed by atoms with Crippen molar-refractivity contribution < 1.29 is 0 Å². The third kappa shape index (κ3) is 2.01. The molecule has 0 N–H and O–H groups in total.